The van der Waals surface area contributed by atoms with Gasteiger partial charge in [-0.3, -0.25) is 0 Å². The molecule has 0 bridgehead atoms. The van der Waals surface area contributed by atoms with Gasteiger partial charge in [0.05, 0.1) is 22.9 Å². The molecule has 18 heavy (non-hydrogen) atoms. The number of benzene rings is 1. The number of aryl methyl sites for hydroxylation is 1. The van der Waals surface area contributed by atoms with Gasteiger partial charge in [-0.2, -0.15) is 0 Å². The minimum Gasteiger partial charge on any atom is -0.399 e. The van der Waals surface area contributed by atoms with Gasteiger partial charge in [0.15, 0.2) is 9.84 Å². The predicted octanol–water partition coefficient (Wildman–Crippen LogP) is 2.17. The zero-order valence-corrected chi connectivity index (χ0v) is 12.2. The van der Waals surface area contributed by atoms with Crippen molar-refractivity contribution in [3.05, 3.63) is 23.8 Å². The Hall–Kier alpha value is -1.07. The van der Waals surface area contributed by atoms with Crippen molar-refractivity contribution < 1.29 is 13.2 Å². The average Bonchev–Trinajstić information content (AvgIpc) is 2.19. The van der Waals surface area contributed by atoms with Crippen molar-refractivity contribution in [2.75, 3.05) is 18.1 Å². The molecule has 0 aliphatic carbocycles. The van der Waals surface area contributed by atoms with Crippen LogP contribution in [0.2, 0.25) is 0 Å². The van der Waals surface area contributed by atoms with Crippen molar-refractivity contribution in [2.45, 2.75) is 38.2 Å². The molecule has 0 saturated carbocycles. The van der Waals surface area contributed by atoms with Gasteiger partial charge in [0.2, 0.25) is 0 Å². The number of sulfone groups is 1. The van der Waals surface area contributed by atoms with E-state index in [9.17, 15) is 8.42 Å². The third kappa shape index (κ3) is 4.31. The van der Waals surface area contributed by atoms with Crippen molar-refractivity contribution in [1.29, 1.82) is 0 Å². The molecule has 0 saturated heterocycles. The molecule has 0 fully saturated rings. The van der Waals surface area contributed by atoms with E-state index in [2.05, 4.69) is 0 Å². The molecule has 0 aliphatic rings. The predicted molar refractivity (Wildman–Crippen MR) is 73.3 cm³/mol. The summed E-state index contributed by atoms with van der Waals surface area (Å²) in [6.45, 7) is 7.62. The van der Waals surface area contributed by atoms with E-state index in [0.29, 0.717) is 16.1 Å². The van der Waals surface area contributed by atoms with Crippen molar-refractivity contribution in [2.24, 2.45) is 0 Å². The van der Waals surface area contributed by atoms with Crippen LogP contribution >= 0.6 is 0 Å². The molecule has 0 unspecified atom stereocenters. The number of nitrogen functional groups attached to an aromatic ring is 1. The summed E-state index contributed by atoms with van der Waals surface area (Å²) in [5, 5.41) is 0. The summed E-state index contributed by atoms with van der Waals surface area (Å²) in [6.07, 6.45) is 0. The molecule has 1 aromatic carbocycles. The number of anilines is 1. The van der Waals surface area contributed by atoms with E-state index in [4.69, 9.17) is 10.5 Å². The molecule has 1 aromatic rings. The van der Waals surface area contributed by atoms with Crippen molar-refractivity contribution in [3.63, 3.8) is 0 Å². The highest BCUT2D eigenvalue weighted by molar-refractivity contribution is 7.91. The number of nitrogens with two attached hydrogens (primary N) is 1. The Morgan fingerprint density at radius 3 is 2.44 bits per heavy atom. The number of hydrogen-bond acceptors (Lipinski definition) is 4. The van der Waals surface area contributed by atoms with Gasteiger partial charge in [0.1, 0.15) is 0 Å². The van der Waals surface area contributed by atoms with Crippen LogP contribution in [0, 0.1) is 6.92 Å². The van der Waals surface area contributed by atoms with E-state index < -0.39 is 9.84 Å². The first-order valence-electron chi connectivity index (χ1n) is 5.85. The Balaban J connectivity index is 2.84. The second-order valence-corrected chi connectivity index (χ2v) is 7.38. The van der Waals surface area contributed by atoms with Gasteiger partial charge in [-0.15, -0.1) is 0 Å². The van der Waals surface area contributed by atoms with E-state index in [1.165, 1.54) is 6.07 Å². The maximum absolute atomic E-state index is 12.2. The molecule has 4 nitrogen and oxygen atoms in total. The Morgan fingerprint density at radius 1 is 1.28 bits per heavy atom. The fraction of sp³-hybridized carbons (Fsp3) is 0.538. The van der Waals surface area contributed by atoms with Gasteiger partial charge in [-0.25, -0.2) is 8.42 Å². The molecular weight excluding hydrogens is 250 g/mol. The average molecular weight is 271 g/mol. The highest BCUT2D eigenvalue weighted by Crippen LogP contribution is 2.20. The monoisotopic (exact) mass is 271 g/mol. The van der Waals surface area contributed by atoms with Gasteiger partial charge in [-0.1, -0.05) is 6.07 Å². The highest BCUT2D eigenvalue weighted by atomic mass is 32.2. The van der Waals surface area contributed by atoms with E-state index >= 15 is 0 Å². The van der Waals surface area contributed by atoms with Crippen LogP contribution in [0.1, 0.15) is 26.3 Å². The van der Waals surface area contributed by atoms with Gasteiger partial charge in [0, 0.05) is 5.69 Å². The minimum atomic E-state index is -3.34. The Morgan fingerprint density at radius 2 is 1.89 bits per heavy atom. The molecule has 0 aromatic heterocycles. The second-order valence-electron chi connectivity index (χ2n) is 5.30. The van der Waals surface area contributed by atoms with E-state index in [0.717, 1.165) is 0 Å². The van der Waals surface area contributed by atoms with E-state index in [1.807, 2.05) is 20.8 Å². The van der Waals surface area contributed by atoms with Crippen LogP contribution in [0.15, 0.2) is 23.1 Å². The highest BCUT2D eigenvalue weighted by Gasteiger charge is 2.19. The van der Waals surface area contributed by atoms with E-state index in [1.54, 1.807) is 19.1 Å². The largest absolute Gasteiger partial charge is 0.399 e. The zero-order chi connectivity index (χ0) is 14.0. The minimum absolute atomic E-state index is 0.0332. The van der Waals surface area contributed by atoms with Gasteiger partial charge < -0.3 is 10.5 Å². The molecule has 0 amide bonds. The lowest BCUT2D eigenvalue weighted by Crippen LogP contribution is -2.24. The standard InChI is InChI=1S/C13H21NO3S/c1-10-5-6-11(14)9-12(10)18(15,16)8-7-17-13(2,3)4/h5-6,9H,7-8,14H2,1-4H3. The normalized spacial score (nSPS) is 12.7. The number of hydrogen-bond donors (Lipinski definition) is 1. The summed E-state index contributed by atoms with van der Waals surface area (Å²) < 4.78 is 29.8. The number of ether oxygens (including phenoxy) is 1. The Bertz CT molecular complexity index is 516. The van der Waals surface area contributed by atoms with Gasteiger partial charge in [0.25, 0.3) is 0 Å². The molecule has 102 valence electrons. The Kier molecular flexibility index (Phi) is 4.40. The first kappa shape index (κ1) is 15.0. The molecule has 5 heteroatoms. The molecule has 0 atom stereocenters. The fourth-order valence-electron chi connectivity index (χ4n) is 1.52. The molecule has 0 radical (unpaired) electrons. The molecule has 0 spiro atoms. The van der Waals surface area contributed by atoms with Crippen molar-refractivity contribution >= 4 is 15.5 Å². The summed E-state index contributed by atoms with van der Waals surface area (Å²) in [5.74, 6) is -0.0332. The third-order valence-corrected chi connectivity index (χ3v) is 4.25. The maximum atomic E-state index is 12.2. The van der Waals surface area contributed by atoms with Crippen LogP contribution in [-0.4, -0.2) is 26.4 Å². The number of rotatable bonds is 4. The molecule has 2 N–H and O–H groups in total. The van der Waals surface area contributed by atoms with Crippen LogP contribution < -0.4 is 5.73 Å². The maximum Gasteiger partial charge on any atom is 0.180 e. The summed E-state index contributed by atoms with van der Waals surface area (Å²) in [7, 11) is -3.34. The summed E-state index contributed by atoms with van der Waals surface area (Å²) in [4.78, 5) is 0.292. The molecule has 0 heterocycles. The SMILES string of the molecule is Cc1ccc(N)cc1S(=O)(=O)CCOC(C)(C)C. The molecule has 1 rings (SSSR count). The summed E-state index contributed by atoms with van der Waals surface area (Å²) in [5.41, 5.74) is 6.46. The second kappa shape index (κ2) is 5.28. The first-order chi connectivity index (χ1) is 8.12. The molecule has 0 aliphatic heterocycles. The topological polar surface area (TPSA) is 69.4 Å². The van der Waals surface area contributed by atoms with Crippen LogP contribution in [0.4, 0.5) is 5.69 Å². The lowest BCUT2D eigenvalue weighted by atomic mass is 10.2. The van der Waals surface area contributed by atoms with Gasteiger partial charge in [-0.05, 0) is 45.4 Å². The lowest BCUT2D eigenvalue weighted by molar-refractivity contribution is 0.00644. The fourth-order valence-corrected chi connectivity index (χ4v) is 2.92. The lowest BCUT2D eigenvalue weighted by Gasteiger charge is -2.19. The van der Waals surface area contributed by atoms with Crippen molar-refractivity contribution in [3.8, 4) is 0 Å². The van der Waals surface area contributed by atoms with Crippen LogP contribution in [0.3, 0.4) is 0 Å². The quantitative estimate of drug-likeness (QED) is 0.852. The van der Waals surface area contributed by atoms with Crippen LogP contribution in [-0.2, 0) is 14.6 Å². The van der Waals surface area contributed by atoms with Gasteiger partial charge >= 0.3 is 0 Å². The first-order valence-corrected chi connectivity index (χ1v) is 7.50. The smallest absolute Gasteiger partial charge is 0.180 e. The van der Waals surface area contributed by atoms with Crippen LogP contribution in [0.5, 0.6) is 0 Å². The van der Waals surface area contributed by atoms with Crippen molar-refractivity contribution in [1.82, 2.24) is 0 Å². The molecular formula is C13H21NO3S. The summed E-state index contributed by atoms with van der Waals surface area (Å²) in [6, 6.07) is 4.91. The summed E-state index contributed by atoms with van der Waals surface area (Å²) >= 11 is 0. The van der Waals surface area contributed by atoms with E-state index in [-0.39, 0.29) is 18.0 Å². The Labute approximate surface area is 109 Å². The third-order valence-electron chi connectivity index (χ3n) is 2.43. The van der Waals surface area contributed by atoms with Crippen LogP contribution in [0.25, 0.3) is 0 Å². The zero-order valence-electron chi connectivity index (χ0n) is 11.4.